The monoisotopic (exact) mass is 304 g/mol. The quantitative estimate of drug-likeness (QED) is 0.874. The van der Waals surface area contributed by atoms with Crippen molar-refractivity contribution >= 4 is 16.9 Å². The number of aryl methyl sites for hydroxylation is 3. The number of nitrogens with one attached hydrogen (secondary N) is 1. The Morgan fingerprint density at radius 3 is 3.00 bits per heavy atom. The first-order valence-electron chi connectivity index (χ1n) is 7.45. The maximum atomic E-state index is 12.5. The standard InChI is InChI=1S/C15H20N4O3/c1-9-8-11(13-10(2)17-19(3)14(13)16-9)15(20)18-22-12-6-4-5-7-21-12/h8,12H,4-7H2,1-3H3,(H,18,20). The molecule has 3 heterocycles. The number of hydrogen-bond acceptors (Lipinski definition) is 5. The van der Waals surface area contributed by atoms with E-state index in [1.165, 1.54) is 0 Å². The molecule has 1 unspecified atom stereocenters. The van der Waals surface area contributed by atoms with E-state index in [0.717, 1.165) is 36.0 Å². The van der Waals surface area contributed by atoms with E-state index < -0.39 is 0 Å². The van der Waals surface area contributed by atoms with Crippen LogP contribution in [0.1, 0.15) is 41.0 Å². The van der Waals surface area contributed by atoms with Crippen LogP contribution in [0.5, 0.6) is 0 Å². The third-order valence-electron chi connectivity index (χ3n) is 3.76. The lowest BCUT2D eigenvalue weighted by atomic mass is 10.1. The van der Waals surface area contributed by atoms with Gasteiger partial charge in [0.1, 0.15) is 0 Å². The summed E-state index contributed by atoms with van der Waals surface area (Å²) in [5, 5.41) is 5.08. The first-order chi connectivity index (χ1) is 10.6. The van der Waals surface area contributed by atoms with Crippen LogP contribution < -0.4 is 5.48 Å². The predicted octanol–water partition coefficient (Wildman–Crippen LogP) is 1.77. The number of fused-ring (bicyclic) bond motifs is 1. The van der Waals surface area contributed by atoms with Crippen molar-refractivity contribution in [1.82, 2.24) is 20.2 Å². The summed E-state index contributed by atoms with van der Waals surface area (Å²) in [4.78, 5) is 22.3. The maximum Gasteiger partial charge on any atom is 0.275 e. The summed E-state index contributed by atoms with van der Waals surface area (Å²) in [6.45, 7) is 4.38. The first-order valence-corrected chi connectivity index (χ1v) is 7.45. The minimum atomic E-state index is -0.369. The molecule has 3 rings (SSSR count). The second-order valence-corrected chi connectivity index (χ2v) is 5.56. The Kier molecular flexibility index (Phi) is 4.08. The van der Waals surface area contributed by atoms with E-state index in [4.69, 9.17) is 9.57 Å². The summed E-state index contributed by atoms with van der Waals surface area (Å²) in [6, 6.07) is 1.75. The van der Waals surface area contributed by atoms with Crippen LogP contribution in [0.3, 0.4) is 0 Å². The highest BCUT2D eigenvalue weighted by Gasteiger charge is 2.20. The Hall–Kier alpha value is -1.99. The van der Waals surface area contributed by atoms with E-state index in [9.17, 15) is 4.79 Å². The summed E-state index contributed by atoms with van der Waals surface area (Å²) in [5.41, 5.74) is 5.23. The average Bonchev–Trinajstić information content (AvgIpc) is 2.79. The Morgan fingerprint density at radius 2 is 2.27 bits per heavy atom. The van der Waals surface area contributed by atoms with Crippen LogP contribution in [0, 0.1) is 13.8 Å². The smallest absolute Gasteiger partial charge is 0.275 e. The van der Waals surface area contributed by atoms with Crippen molar-refractivity contribution in [2.45, 2.75) is 39.4 Å². The number of ether oxygens (including phenoxy) is 1. The van der Waals surface area contributed by atoms with Gasteiger partial charge in [-0.25, -0.2) is 15.3 Å². The van der Waals surface area contributed by atoms with E-state index in [-0.39, 0.29) is 12.2 Å². The van der Waals surface area contributed by atoms with Crippen molar-refractivity contribution in [3.63, 3.8) is 0 Å². The molecule has 1 aliphatic rings. The van der Waals surface area contributed by atoms with Gasteiger partial charge in [-0.3, -0.25) is 9.48 Å². The Morgan fingerprint density at radius 1 is 1.45 bits per heavy atom. The molecule has 7 nitrogen and oxygen atoms in total. The van der Waals surface area contributed by atoms with E-state index in [1.807, 2.05) is 20.9 Å². The number of carbonyl (C=O) groups is 1. The van der Waals surface area contributed by atoms with Gasteiger partial charge in [0.2, 0.25) is 0 Å². The van der Waals surface area contributed by atoms with Crippen molar-refractivity contribution in [3.8, 4) is 0 Å². The molecule has 0 radical (unpaired) electrons. The lowest BCUT2D eigenvalue weighted by molar-refractivity contribution is -0.186. The summed E-state index contributed by atoms with van der Waals surface area (Å²) in [6.07, 6.45) is 2.50. The van der Waals surface area contributed by atoms with Crippen LogP contribution in [0.4, 0.5) is 0 Å². The molecular formula is C15H20N4O3. The van der Waals surface area contributed by atoms with Crippen molar-refractivity contribution in [2.24, 2.45) is 7.05 Å². The molecule has 0 bridgehead atoms. The molecule has 2 aromatic heterocycles. The minimum absolute atomic E-state index is 0.305. The number of amides is 1. The second kappa shape index (κ2) is 6.02. The predicted molar refractivity (Wildman–Crippen MR) is 80.1 cm³/mol. The van der Waals surface area contributed by atoms with Gasteiger partial charge in [0, 0.05) is 25.8 Å². The summed E-state index contributed by atoms with van der Waals surface area (Å²) in [7, 11) is 1.82. The third kappa shape index (κ3) is 2.82. The number of hydroxylamine groups is 1. The molecule has 1 atom stereocenters. The minimum Gasteiger partial charge on any atom is -0.350 e. The van der Waals surface area contributed by atoms with E-state index >= 15 is 0 Å². The molecule has 118 valence electrons. The normalized spacial score (nSPS) is 18.6. The Labute approximate surface area is 128 Å². The van der Waals surface area contributed by atoms with Crippen molar-refractivity contribution in [2.75, 3.05) is 6.61 Å². The first kappa shape index (κ1) is 14.9. The van der Waals surface area contributed by atoms with Crippen LogP contribution in [-0.2, 0) is 16.6 Å². The number of hydrogen-bond donors (Lipinski definition) is 1. The fourth-order valence-corrected chi connectivity index (χ4v) is 2.73. The molecule has 0 spiro atoms. The van der Waals surface area contributed by atoms with Crippen LogP contribution >= 0.6 is 0 Å². The molecule has 0 aliphatic carbocycles. The van der Waals surface area contributed by atoms with Gasteiger partial charge >= 0.3 is 0 Å². The number of carbonyl (C=O) groups excluding carboxylic acids is 1. The second-order valence-electron chi connectivity index (χ2n) is 5.56. The van der Waals surface area contributed by atoms with Crippen LogP contribution in [-0.4, -0.2) is 33.6 Å². The fraction of sp³-hybridized carbons (Fsp3) is 0.533. The summed E-state index contributed by atoms with van der Waals surface area (Å²) >= 11 is 0. The molecule has 22 heavy (non-hydrogen) atoms. The molecule has 7 heteroatoms. The van der Waals surface area contributed by atoms with Gasteiger partial charge in [-0.1, -0.05) is 0 Å². The van der Waals surface area contributed by atoms with Gasteiger partial charge in [0.25, 0.3) is 5.91 Å². The molecule has 2 aromatic rings. The van der Waals surface area contributed by atoms with Gasteiger partial charge in [-0.15, -0.1) is 0 Å². The van der Waals surface area contributed by atoms with Gasteiger partial charge in [-0.2, -0.15) is 5.10 Å². The average molecular weight is 304 g/mol. The SMILES string of the molecule is Cc1cc(C(=O)NOC2CCCCO2)c2c(C)nn(C)c2n1. The molecular weight excluding hydrogens is 284 g/mol. The fourth-order valence-electron chi connectivity index (χ4n) is 2.73. The van der Waals surface area contributed by atoms with E-state index in [2.05, 4.69) is 15.6 Å². The van der Waals surface area contributed by atoms with Gasteiger partial charge in [0.15, 0.2) is 11.9 Å². The Balaban J connectivity index is 1.84. The number of aromatic nitrogens is 3. The zero-order valence-corrected chi connectivity index (χ0v) is 13.0. The zero-order chi connectivity index (χ0) is 15.7. The van der Waals surface area contributed by atoms with Crippen molar-refractivity contribution < 1.29 is 14.4 Å². The lowest BCUT2D eigenvalue weighted by Crippen LogP contribution is -2.33. The largest absolute Gasteiger partial charge is 0.350 e. The number of rotatable bonds is 3. The van der Waals surface area contributed by atoms with Gasteiger partial charge < -0.3 is 4.74 Å². The number of pyridine rings is 1. The van der Waals surface area contributed by atoms with Crippen LogP contribution in [0.25, 0.3) is 11.0 Å². The zero-order valence-electron chi connectivity index (χ0n) is 13.0. The molecule has 1 aliphatic heterocycles. The highest BCUT2D eigenvalue weighted by molar-refractivity contribution is 6.06. The summed E-state index contributed by atoms with van der Waals surface area (Å²) in [5.74, 6) is -0.305. The summed E-state index contributed by atoms with van der Waals surface area (Å²) < 4.78 is 7.12. The van der Waals surface area contributed by atoms with Crippen LogP contribution in [0.2, 0.25) is 0 Å². The highest BCUT2D eigenvalue weighted by Crippen LogP contribution is 2.21. The van der Waals surface area contributed by atoms with E-state index in [1.54, 1.807) is 10.7 Å². The highest BCUT2D eigenvalue weighted by atomic mass is 16.8. The van der Waals surface area contributed by atoms with Crippen molar-refractivity contribution in [3.05, 3.63) is 23.0 Å². The molecule has 0 saturated carbocycles. The topological polar surface area (TPSA) is 78.3 Å². The van der Waals surface area contributed by atoms with E-state index in [0.29, 0.717) is 17.8 Å². The Bertz CT molecular complexity index is 704. The molecule has 1 fully saturated rings. The molecule has 1 N–H and O–H groups in total. The van der Waals surface area contributed by atoms with Crippen LogP contribution in [0.15, 0.2) is 6.07 Å². The lowest BCUT2D eigenvalue weighted by Gasteiger charge is -2.22. The van der Waals surface area contributed by atoms with Gasteiger partial charge in [0.05, 0.1) is 16.6 Å². The molecule has 1 amide bonds. The van der Waals surface area contributed by atoms with Gasteiger partial charge in [-0.05, 0) is 32.8 Å². The molecule has 1 saturated heterocycles. The number of nitrogens with zero attached hydrogens (tertiary/aromatic N) is 3. The van der Waals surface area contributed by atoms with Crippen molar-refractivity contribution in [1.29, 1.82) is 0 Å². The molecule has 0 aromatic carbocycles. The third-order valence-corrected chi connectivity index (χ3v) is 3.76. The maximum absolute atomic E-state index is 12.5.